The van der Waals surface area contributed by atoms with Gasteiger partial charge >= 0.3 is 5.69 Å². The smallest absolute Gasteiger partial charge is 0.312 e. The lowest BCUT2D eigenvalue weighted by Gasteiger charge is -2.04. The molecule has 2 aromatic heterocycles. The van der Waals surface area contributed by atoms with Gasteiger partial charge in [-0.3, -0.25) is 10.1 Å². The Labute approximate surface area is 97.4 Å². The fraction of sp³-hybridized carbons (Fsp3) is 0.400. The predicted octanol–water partition coefficient (Wildman–Crippen LogP) is 2.08. The highest BCUT2D eigenvalue weighted by Gasteiger charge is 2.17. The number of hydrogen-bond donors (Lipinski definition) is 2. The fourth-order valence-electron chi connectivity index (χ4n) is 1.58. The summed E-state index contributed by atoms with van der Waals surface area (Å²) >= 11 is 0. The number of nitrogens with zero attached hydrogens (tertiary/aromatic N) is 3. The minimum Gasteiger partial charge on any atom is -0.368 e. The van der Waals surface area contributed by atoms with Crippen LogP contribution in [0, 0.1) is 10.1 Å². The van der Waals surface area contributed by atoms with E-state index in [2.05, 4.69) is 27.2 Å². The predicted molar refractivity (Wildman–Crippen MR) is 63.9 cm³/mol. The maximum Gasteiger partial charge on any atom is 0.312 e. The third kappa shape index (κ3) is 2.17. The summed E-state index contributed by atoms with van der Waals surface area (Å²) in [5.74, 6) is 0.608. The zero-order valence-corrected chi connectivity index (χ0v) is 9.43. The Hall–Kier alpha value is -2.18. The molecule has 7 heteroatoms. The molecule has 2 rings (SSSR count). The van der Waals surface area contributed by atoms with Gasteiger partial charge in [0.2, 0.25) is 0 Å². The molecule has 0 spiro atoms. The van der Waals surface area contributed by atoms with Gasteiger partial charge in [0.15, 0.2) is 11.3 Å². The van der Waals surface area contributed by atoms with E-state index in [4.69, 9.17) is 0 Å². The van der Waals surface area contributed by atoms with Crippen molar-refractivity contribution in [3.63, 3.8) is 0 Å². The molecule has 2 heterocycles. The first kappa shape index (κ1) is 11.3. The molecule has 0 amide bonds. The van der Waals surface area contributed by atoms with Crippen LogP contribution in [-0.4, -0.2) is 26.4 Å². The highest BCUT2D eigenvalue weighted by Crippen LogP contribution is 2.26. The van der Waals surface area contributed by atoms with Gasteiger partial charge in [-0.25, -0.2) is 9.97 Å². The standard InChI is InChI=1S/C10H13N5O2/c1-2-3-4-11-10-9-8(13-6-14-10)7(5-12-9)15(16)17/h5-6,12H,2-4H2,1H3,(H,11,13,14). The van der Waals surface area contributed by atoms with Gasteiger partial charge in [0, 0.05) is 6.54 Å². The van der Waals surface area contributed by atoms with Crippen LogP contribution < -0.4 is 5.32 Å². The van der Waals surface area contributed by atoms with E-state index in [-0.39, 0.29) is 5.69 Å². The van der Waals surface area contributed by atoms with E-state index in [1.807, 2.05) is 0 Å². The molecular weight excluding hydrogens is 222 g/mol. The number of aromatic nitrogens is 3. The molecule has 0 aliphatic heterocycles. The zero-order chi connectivity index (χ0) is 12.3. The summed E-state index contributed by atoms with van der Waals surface area (Å²) in [6.45, 7) is 2.88. The van der Waals surface area contributed by atoms with Gasteiger partial charge in [-0.2, -0.15) is 0 Å². The van der Waals surface area contributed by atoms with Gasteiger partial charge in [-0.15, -0.1) is 0 Å². The second kappa shape index (κ2) is 4.77. The van der Waals surface area contributed by atoms with Crippen LogP contribution in [0.1, 0.15) is 19.8 Å². The van der Waals surface area contributed by atoms with Crippen LogP contribution in [0.5, 0.6) is 0 Å². The Balaban J connectivity index is 2.34. The van der Waals surface area contributed by atoms with Crippen molar-refractivity contribution in [3.8, 4) is 0 Å². The van der Waals surface area contributed by atoms with Crippen LogP contribution >= 0.6 is 0 Å². The maximum absolute atomic E-state index is 10.8. The van der Waals surface area contributed by atoms with E-state index in [0.717, 1.165) is 19.4 Å². The molecule has 0 aromatic carbocycles. The lowest BCUT2D eigenvalue weighted by atomic mass is 10.3. The van der Waals surface area contributed by atoms with Crippen LogP contribution in [-0.2, 0) is 0 Å². The van der Waals surface area contributed by atoms with Gasteiger partial charge in [0.05, 0.1) is 11.1 Å². The van der Waals surface area contributed by atoms with Crippen molar-refractivity contribution in [2.75, 3.05) is 11.9 Å². The quantitative estimate of drug-likeness (QED) is 0.469. The van der Waals surface area contributed by atoms with Crippen LogP contribution in [0.15, 0.2) is 12.5 Å². The molecule has 0 aliphatic carbocycles. The molecule has 0 atom stereocenters. The Morgan fingerprint density at radius 3 is 3.06 bits per heavy atom. The van der Waals surface area contributed by atoms with Gasteiger partial charge in [0.25, 0.3) is 0 Å². The van der Waals surface area contributed by atoms with Crippen LogP contribution in [0.4, 0.5) is 11.5 Å². The fourth-order valence-corrected chi connectivity index (χ4v) is 1.58. The van der Waals surface area contributed by atoms with Crippen LogP contribution in [0.2, 0.25) is 0 Å². The number of nitrogens with one attached hydrogen (secondary N) is 2. The molecule has 90 valence electrons. The number of H-pyrrole nitrogens is 1. The second-order valence-electron chi connectivity index (χ2n) is 3.66. The average molecular weight is 235 g/mol. The second-order valence-corrected chi connectivity index (χ2v) is 3.66. The van der Waals surface area contributed by atoms with E-state index in [1.54, 1.807) is 0 Å². The van der Waals surface area contributed by atoms with E-state index >= 15 is 0 Å². The number of nitro groups is 1. The summed E-state index contributed by atoms with van der Waals surface area (Å²) in [4.78, 5) is 21.1. The lowest BCUT2D eigenvalue weighted by molar-refractivity contribution is -0.383. The van der Waals surface area contributed by atoms with Gasteiger partial charge in [-0.05, 0) is 6.42 Å². The third-order valence-corrected chi connectivity index (χ3v) is 2.46. The Kier molecular flexibility index (Phi) is 3.17. The summed E-state index contributed by atoms with van der Waals surface area (Å²) in [5, 5.41) is 13.9. The molecule has 0 saturated heterocycles. The van der Waals surface area contributed by atoms with Crippen molar-refractivity contribution in [2.24, 2.45) is 0 Å². The Morgan fingerprint density at radius 1 is 1.53 bits per heavy atom. The van der Waals surface area contributed by atoms with Crippen molar-refractivity contribution < 1.29 is 4.92 Å². The van der Waals surface area contributed by atoms with E-state index in [0.29, 0.717) is 16.9 Å². The first-order valence-corrected chi connectivity index (χ1v) is 5.44. The van der Waals surface area contributed by atoms with Gasteiger partial charge in [0.1, 0.15) is 11.8 Å². The summed E-state index contributed by atoms with van der Waals surface area (Å²) < 4.78 is 0. The van der Waals surface area contributed by atoms with Crippen LogP contribution in [0.3, 0.4) is 0 Å². The average Bonchev–Trinajstić information content (AvgIpc) is 2.74. The van der Waals surface area contributed by atoms with Gasteiger partial charge in [-0.1, -0.05) is 13.3 Å². The number of rotatable bonds is 5. The first-order valence-electron chi connectivity index (χ1n) is 5.44. The monoisotopic (exact) mass is 235 g/mol. The summed E-state index contributed by atoms with van der Waals surface area (Å²) in [6, 6.07) is 0. The van der Waals surface area contributed by atoms with Crippen molar-refractivity contribution in [2.45, 2.75) is 19.8 Å². The van der Waals surface area contributed by atoms with E-state index < -0.39 is 4.92 Å². The highest BCUT2D eigenvalue weighted by atomic mass is 16.6. The lowest BCUT2D eigenvalue weighted by Crippen LogP contribution is -2.03. The molecule has 0 aliphatic rings. The summed E-state index contributed by atoms with van der Waals surface area (Å²) in [7, 11) is 0. The third-order valence-electron chi connectivity index (χ3n) is 2.46. The van der Waals surface area contributed by atoms with Crippen LogP contribution in [0.25, 0.3) is 11.0 Å². The molecule has 0 radical (unpaired) electrons. The SMILES string of the molecule is CCCCNc1ncnc2c([N+](=O)[O-])c[nH]c12. The summed E-state index contributed by atoms with van der Waals surface area (Å²) in [6.07, 6.45) is 4.77. The number of unbranched alkanes of at least 4 members (excludes halogenated alkanes) is 1. The molecule has 0 saturated carbocycles. The molecule has 17 heavy (non-hydrogen) atoms. The van der Waals surface area contributed by atoms with E-state index in [1.165, 1.54) is 12.5 Å². The normalized spacial score (nSPS) is 10.6. The zero-order valence-electron chi connectivity index (χ0n) is 9.43. The van der Waals surface area contributed by atoms with Crippen molar-refractivity contribution in [1.82, 2.24) is 15.0 Å². The minimum atomic E-state index is -0.457. The topological polar surface area (TPSA) is 96.7 Å². The number of fused-ring (bicyclic) bond motifs is 1. The number of anilines is 1. The molecule has 7 nitrogen and oxygen atoms in total. The maximum atomic E-state index is 10.8. The minimum absolute atomic E-state index is 0.0269. The molecule has 2 N–H and O–H groups in total. The Morgan fingerprint density at radius 2 is 2.35 bits per heavy atom. The van der Waals surface area contributed by atoms with Crippen molar-refractivity contribution in [1.29, 1.82) is 0 Å². The van der Waals surface area contributed by atoms with Gasteiger partial charge < -0.3 is 10.3 Å². The molecule has 0 fully saturated rings. The summed E-state index contributed by atoms with van der Waals surface area (Å²) in [5.41, 5.74) is 0.889. The molecular formula is C10H13N5O2. The first-order chi connectivity index (χ1) is 8.24. The molecule has 2 aromatic rings. The Bertz CT molecular complexity index is 536. The highest BCUT2D eigenvalue weighted by molar-refractivity contribution is 5.92. The number of aromatic amines is 1. The van der Waals surface area contributed by atoms with E-state index in [9.17, 15) is 10.1 Å². The molecule has 0 unspecified atom stereocenters. The van der Waals surface area contributed by atoms with Crippen molar-refractivity contribution >= 4 is 22.5 Å². The number of hydrogen-bond acceptors (Lipinski definition) is 5. The molecule has 0 bridgehead atoms. The largest absolute Gasteiger partial charge is 0.368 e. The van der Waals surface area contributed by atoms with Crippen molar-refractivity contribution in [3.05, 3.63) is 22.6 Å².